The molecule has 1 aliphatic carbocycles. The number of ether oxygens (including phenoxy) is 3. The lowest BCUT2D eigenvalue weighted by molar-refractivity contribution is -0.149. The van der Waals surface area contributed by atoms with Crippen molar-refractivity contribution in [1.82, 2.24) is 0 Å². The van der Waals surface area contributed by atoms with Crippen LogP contribution in [0.1, 0.15) is 65.7 Å². The van der Waals surface area contributed by atoms with Gasteiger partial charge in [-0.2, -0.15) is 0 Å². The molecule has 0 radical (unpaired) electrons. The number of unbranched alkanes of at least 4 members (excludes halogenated alkanes) is 3. The number of allylic oxidation sites excluding steroid dienone is 4. The van der Waals surface area contributed by atoms with Gasteiger partial charge in [-0.1, -0.05) is 44.1 Å². The zero-order valence-electron chi connectivity index (χ0n) is 19.4. The number of carbonyl (C=O) groups excluding carboxylic acids is 4. The average molecular weight is 447 g/mol. The topological polar surface area (TPSA) is 96.0 Å². The van der Waals surface area contributed by atoms with E-state index in [4.69, 9.17) is 9.47 Å². The second-order valence-corrected chi connectivity index (χ2v) is 7.58. The fourth-order valence-electron chi connectivity index (χ4n) is 3.32. The third-order valence-electron chi connectivity index (χ3n) is 4.88. The van der Waals surface area contributed by atoms with E-state index in [0.717, 1.165) is 25.7 Å². The lowest BCUT2D eigenvalue weighted by atomic mass is 9.91. The number of hydrogen-bond donors (Lipinski definition) is 0. The first-order valence-corrected chi connectivity index (χ1v) is 10.9. The van der Waals surface area contributed by atoms with Crippen LogP contribution in [-0.4, -0.2) is 42.5 Å². The Morgan fingerprint density at radius 2 is 1.88 bits per heavy atom. The van der Waals surface area contributed by atoms with Crippen molar-refractivity contribution >= 4 is 23.7 Å². The summed E-state index contributed by atoms with van der Waals surface area (Å²) in [7, 11) is 1.29. The number of rotatable bonds is 13. The van der Waals surface area contributed by atoms with Crippen molar-refractivity contribution < 1.29 is 33.4 Å². The summed E-state index contributed by atoms with van der Waals surface area (Å²) < 4.78 is 15.4. The molecule has 176 valence electrons. The third-order valence-corrected chi connectivity index (χ3v) is 4.88. The van der Waals surface area contributed by atoms with Crippen molar-refractivity contribution in [2.24, 2.45) is 0 Å². The predicted octanol–water partition coefficient (Wildman–Crippen LogP) is 4.32. The van der Waals surface area contributed by atoms with Gasteiger partial charge in [-0.15, -0.1) is 0 Å². The molecular weight excluding hydrogens is 412 g/mol. The number of carbonyl (C=O) groups is 4. The highest BCUT2D eigenvalue weighted by Crippen LogP contribution is 2.34. The highest BCUT2D eigenvalue weighted by Gasteiger charge is 2.41. The molecule has 7 nitrogen and oxygen atoms in total. The molecule has 0 unspecified atom stereocenters. The first-order valence-electron chi connectivity index (χ1n) is 10.9. The van der Waals surface area contributed by atoms with E-state index in [1.165, 1.54) is 27.0 Å². The fraction of sp³-hybridized carbons (Fsp3) is 0.520. The average Bonchev–Trinajstić information content (AvgIpc) is 3.03. The van der Waals surface area contributed by atoms with Crippen LogP contribution in [-0.2, 0) is 33.4 Å². The van der Waals surface area contributed by atoms with E-state index in [-0.39, 0.29) is 18.6 Å². The molecule has 1 aliphatic rings. The molecule has 0 fully saturated rings. The van der Waals surface area contributed by atoms with Gasteiger partial charge in [-0.05, 0) is 37.5 Å². The van der Waals surface area contributed by atoms with Gasteiger partial charge in [-0.3, -0.25) is 19.2 Å². The van der Waals surface area contributed by atoms with Crippen molar-refractivity contribution in [2.75, 3.05) is 7.11 Å². The van der Waals surface area contributed by atoms with Crippen LogP contribution in [0.15, 0.2) is 48.1 Å². The Balaban J connectivity index is 3.02. The Hall–Kier alpha value is -2.96. The number of ketones is 1. The van der Waals surface area contributed by atoms with E-state index in [9.17, 15) is 19.2 Å². The lowest BCUT2D eigenvalue weighted by Gasteiger charge is -2.27. The summed E-state index contributed by atoms with van der Waals surface area (Å²) in [5, 5.41) is 0. The summed E-state index contributed by atoms with van der Waals surface area (Å²) in [6.45, 7) is 4.72. The normalized spacial score (nSPS) is 20.2. The van der Waals surface area contributed by atoms with Crippen LogP contribution in [0.25, 0.3) is 0 Å². The molecule has 0 aromatic heterocycles. The van der Waals surface area contributed by atoms with E-state index in [0.29, 0.717) is 12.0 Å². The molecule has 0 aromatic rings. The van der Waals surface area contributed by atoms with Crippen LogP contribution in [0.4, 0.5) is 0 Å². The molecule has 0 aliphatic heterocycles. The molecule has 7 heteroatoms. The van der Waals surface area contributed by atoms with Crippen LogP contribution in [0.3, 0.4) is 0 Å². The quantitative estimate of drug-likeness (QED) is 0.137. The van der Waals surface area contributed by atoms with E-state index in [1.807, 2.05) is 12.2 Å². The second kappa shape index (κ2) is 14.2. The van der Waals surface area contributed by atoms with Gasteiger partial charge in [0.05, 0.1) is 7.11 Å². The van der Waals surface area contributed by atoms with Gasteiger partial charge in [0.15, 0.2) is 11.4 Å². The minimum atomic E-state index is -1.17. The van der Waals surface area contributed by atoms with Crippen LogP contribution in [0.2, 0.25) is 0 Å². The van der Waals surface area contributed by atoms with Gasteiger partial charge in [0.25, 0.3) is 0 Å². The molecular formula is C25H34O7. The predicted molar refractivity (Wildman–Crippen MR) is 121 cm³/mol. The highest BCUT2D eigenvalue weighted by atomic mass is 16.6. The first-order chi connectivity index (χ1) is 15.2. The molecule has 0 aromatic carbocycles. The summed E-state index contributed by atoms with van der Waals surface area (Å²) in [5.74, 6) is -1.65. The first kappa shape index (κ1) is 27.1. The van der Waals surface area contributed by atoms with Crippen molar-refractivity contribution in [3.05, 3.63) is 48.1 Å². The smallest absolute Gasteiger partial charge is 0.305 e. The number of hydrogen-bond acceptors (Lipinski definition) is 7. The van der Waals surface area contributed by atoms with Crippen LogP contribution in [0, 0.1) is 0 Å². The van der Waals surface area contributed by atoms with Crippen molar-refractivity contribution in [2.45, 2.75) is 77.4 Å². The molecule has 0 saturated heterocycles. The second-order valence-electron chi connectivity index (χ2n) is 7.58. The van der Waals surface area contributed by atoms with Gasteiger partial charge < -0.3 is 14.2 Å². The van der Waals surface area contributed by atoms with Gasteiger partial charge in [-0.25, -0.2) is 0 Å². The molecule has 1 rings (SSSR count). The largest absolute Gasteiger partial charge is 0.469 e. The Bertz CT molecular complexity index is 788. The van der Waals surface area contributed by atoms with Crippen molar-refractivity contribution in [3.63, 3.8) is 0 Å². The van der Waals surface area contributed by atoms with Gasteiger partial charge >= 0.3 is 17.9 Å². The monoisotopic (exact) mass is 446 g/mol. The Kier molecular flexibility index (Phi) is 12.0. The summed E-state index contributed by atoms with van der Waals surface area (Å²) >= 11 is 0. The molecule has 0 bridgehead atoms. The van der Waals surface area contributed by atoms with E-state index < -0.39 is 29.6 Å². The zero-order valence-corrected chi connectivity index (χ0v) is 19.4. The van der Waals surface area contributed by atoms with E-state index in [1.54, 1.807) is 24.3 Å². The molecule has 0 saturated carbocycles. The Morgan fingerprint density at radius 3 is 2.50 bits per heavy atom. The maximum Gasteiger partial charge on any atom is 0.305 e. The summed E-state index contributed by atoms with van der Waals surface area (Å²) in [4.78, 5) is 47.0. The Morgan fingerprint density at radius 1 is 1.12 bits per heavy atom. The van der Waals surface area contributed by atoms with Crippen LogP contribution < -0.4 is 0 Å². The van der Waals surface area contributed by atoms with Gasteiger partial charge in [0.1, 0.15) is 6.10 Å². The number of methoxy groups -OCH3 is 1. The summed E-state index contributed by atoms with van der Waals surface area (Å²) in [6, 6.07) is 0. The minimum Gasteiger partial charge on any atom is -0.469 e. The standard InChI is InChI=1S/C25H34O7/c1-5-6-7-8-9-10-17-25(32-20(3)27)18-16-23(28)22(25)13-11-12-21(31-19(2)26)14-15-24(29)30-4/h9-13,16,18,21H,5-8,14-15,17H2,1-4H3/b10-9-,12-11-,22-13?/t21-,25+/m1/s1. The van der Waals surface area contributed by atoms with Gasteiger partial charge in [0.2, 0.25) is 0 Å². The maximum atomic E-state index is 12.5. The minimum absolute atomic E-state index is 0.0794. The molecule has 0 N–H and O–H groups in total. The molecule has 2 atom stereocenters. The maximum absolute atomic E-state index is 12.5. The van der Waals surface area contributed by atoms with Crippen molar-refractivity contribution in [1.29, 1.82) is 0 Å². The van der Waals surface area contributed by atoms with E-state index in [2.05, 4.69) is 11.7 Å². The molecule has 0 spiro atoms. The third kappa shape index (κ3) is 9.45. The van der Waals surface area contributed by atoms with Crippen LogP contribution >= 0.6 is 0 Å². The Labute approximate surface area is 190 Å². The molecule has 0 amide bonds. The zero-order chi connectivity index (χ0) is 24.0. The molecule has 32 heavy (non-hydrogen) atoms. The highest BCUT2D eigenvalue weighted by molar-refractivity contribution is 6.09. The number of esters is 3. The van der Waals surface area contributed by atoms with Crippen LogP contribution in [0.5, 0.6) is 0 Å². The summed E-state index contributed by atoms with van der Waals surface area (Å²) in [6.07, 6.45) is 16.0. The summed E-state index contributed by atoms with van der Waals surface area (Å²) in [5.41, 5.74) is -0.853. The van der Waals surface area contributed by atoms with Gasteiger partial charge in [0, 0.05) is 32.3 Å². The van der Waals surface area contributed by atoms with Crippen molar-refractivity contribution in [3.8, 4) is 0 Å². The van der Waals surface area contributed by atoms with E-state index >= 15 is 0 Å². The molecule has 0 heterocycles. The SMILES string of the molecule is CCCCC/C=C\C[C@]1(OC(C)=O)C=CC(=O)C1=C/C=C\[C@H](CCC(=O)OC)OC(C)=O. The lowest BCUT2D eigenvalue weighted by Crippen LogP contribution is -2.33. The fourth-order valence-corrected chi connectivity index (χ4v) is 3.32.